The van der Waals surface area contributed by atoms with E-state index in [9.17, 15) is 4.79 Å². The summed E-state index contributed by atoms with van der Waals surface area (Å²) in [5, 5.41) is 0. The molecule has 2 N–H and O–H groups in total. The van der Waals surface area contributed by atoms with Crippen LogP contribution in [-0.2, 0) is 0 Å². The molecule has 0 saturated heterocycles. The molecule has 1 rings (SSSR count). The van der Waals surface area contributed by atoms with E-state index >= 15 is 0 Å². The molecule has 0 aliphatic heterocycles. The summed E-state index contributed by atoms with van der Waals surface area (Å²) in [6, 6.07) is 5.14. The van der Waals surface area contributed by atoms with Crippen LogP contribution in [0, 0.1) is 0 Å². The SMILES string of the molecule is CCCCCOc1cc(N)ccc1C(=O)N(C)C. The fraction of sp³-hybridized carbons (Fsp3) is 0.500. The van der Waals surface area contributed by atoms with Crippen molar-refractivity contribution in [3.63, 3.8) is 0 Å². The maximum atomic E-state index is 12.0. The summed E-state index contributed by atoms with van der Waals surface area (Å²) in [7, 11) is 3.44. The Morgan fingerprint density at radius 1 is 1.33 bits per heavy atom. The Bertz CT molecular complexity index is 403. The normalized spacial score (nSPS) is 10.2. The van der Waals surface area contributed by atoms with Crippen molar-refractivity contribution in [2.75, 3.05) is 26.4 Å². The maximum Gasteiger partial charge on any atom is 0.257 e. The molecule has 0 spiro atoms. The van der Waals surface area contributed by atoms with Crippen LogP contribution < -0.4 is 10.5 Å². The Hall–Kier alpha value is -1.71. The number of amides is 1. The molecular weight excluding hydrogens is 228 g/mol. The number of benzene rings is 1. The summed E-state index contributed by atoms with van der Waals surface area (Å²) in [4.78, 5) is 13.5. The van der Waals surface area contributed by atoms with E-state index in [2.05, 4.69) is 6.92 Å². The molecule has 0 bridgehead atoms. The van der Waals surface area contributed by atoms with Crippen LogP contribution in [0.5, 0.6) is 5.75 Å². The number of rotatable bonds is 6. The molecule has 0 aromatic heterocycles. The Kier molecular flexibility index (Phi) is 5.49. The molecule has 0 aliphatic rings. The minimum atomic E-state index is -0.0690. The number of hydrogen-bond donors (Lipinski definition) is 1. The number of carbonyl (C=O) groups is 1. The molecule has 0 fully saturated rings. The van der Waals surface area contributed by atoms with Crippen LogP contribution in [0.25, 0.3) is 0 Å². The second kappa shape index (κ2) is 6.89. The largest absolute Gasteiger partial charge is 0.493 e. The highest BCUT2D eigenvalue weighted by atomic mass is 16.5. The number of nitrogens with two attached hydrogens (primary N) is 1. The number of unbranched alkanes of at least 4 members (excludes halogenated alkanes) is 2. The van der Waals surface area contributed by atoms with Crippen LogP contribution in [0.15, 0.2) is 18.2 Å². The topological polar surface area (TPSA) is 55.6 Å². The predicted molar refractivity (Wildman–Crippen MR) is 73.9 cm³/mol. The molecule has 0 aliphatic carbocycles. The van der Waals surface area contributed by atoms with Gasteiger partial charge < -0.3 is 15.4 Å². The third-order valence-electron chi connectivity index (χ3n) is 2.65. The molecule has 1 amide bonds. The fourth-order valence-electron chi connectivity index (χ4n) is 1.61. The second-order valence-electron chi connectivity index (χ2n) is 4.51. The molecule has 1 aromatic carbocycles. The molecule has 4 nitrogen and oxygen atoms in total. The summed E-state index contributed by atoms with van der Waals surface area (Å²) in [6.45, 7) is 2.76. The quantitative estimate of drug-likeness (QED) is 0.623. The summed E-state index contributed by atoms with van der Waals surface area (Å²) in [6.07, 6.45) is 3.25. The number of nitrogen functional groups attached to an aromatic ring is 1. The van der Waals surface area contributed by atoms with E-state index in [1.165, 1.54) is 4.90 Å². The van der Waals surface area contributed by atoms with Gasteiger partial charge in [-0.3, -0.25) is 4.79 Å². The van der Waals surface area contributed by atoms with Crippen molar-refractivity contribution in [3.8, 4) is 5.75 Å². The second-order valence-corrected chi connectivity index (χ2v) is 4.51. The molecule has 0 unspecified atom stereocenters. The number of carbonyl (C=O) groups excluding carboxylic acids is 1. The lowest BCUT2D eigenvalue weighted by molar-refractivity contribution is 0.0823. The minimum absolute atomic E-state index is 0.0690. The highest BCUT2D eigenvalue weighted by Gasteiger charge is 2.14. The average molecular weight is 250 g/mol. The minimum Gasteiger partial charge on any atom is -0.493 e. The van der Waals surface area contributed by atoms with Crippen LogP contribution in [-0.4, -0.2) is 31.5 Å². The van der Waals surface area contributed by atoms with Crippen molar-refractivity contribution in [3.05, 3.63) is 23.8 Å². The summed E-state index contributed by atoms with van der Waals surface area (Å²) >= 11 is 0. The van der Waals surface area contributed by atoms with Crippen molar-refractivity contribution in [1.82, 2.24) is 4.90 Å². The van der Waals surface area contributed by atoms with E-state index in [0.29, 0.717) is 23.6 Å². The lowest BCUT2D eigenvalue weighted by Crippen LogP contribution is -2.22. The molecule has 18 heavy (non-hydrogen) atoms. The van der Waals surface area contributed by atoms with Crippen molar-refractivity contribution in [1.29, 1.82) is 0 Å². The van der Waals surface area contributed by atoms with Gasteiger partial charge >= 0.3 is 0 Å². The van der Waals surface area contributed by atoms with Crippen molar-refractivity contribution >= 4 is 11.6 Å². The van der Waals surface area contributed by atoms with Crippen LogP contribution >= 0.6 is 0 Å². The predicted octanol–water partition coefficient (Wildman–Crippen LogP) is 2.54. The monoisotopic (exact) mass is 250 g/mol. The van der Waals surface area contributed by atoms with Crippen LogP contribution in [0.4, 0.5) is 5.69 Å². The van der Waals surface area contributed by atoms with Crippen molar-refractivity contribution in [2.24, 2.45) is 0 Å². The van der Waals surface area contributed by atoms with Gasteiger partial charge in [-0.05, 0) is 18.6 Å². The number of ether oxygens (including phenoxy) is 1. The summed E-state index contributed by atoms with van der Waals surface area (Å²) in [5.41, 5.74) is 6.90. The van der Waals surface area contributed by atoms with Gasteiger partial charge in [0.25, 0.3) is 5.91 Å². The molecule has 0 radical (unpaired) electrons. The van der Waals surface area contributed by atoms with E-state index < -0.39 is 0 Å². The molecule has 1 aromatic rings. The highest BCUT2D eigenvalue weighted by molar-refractivity contribution is 5.97. The van der Waals surface area contributed by atoms with Crippen LogP contribution in [0.3, 0.4) is 0 Å². The number of anilines is 1. The molecular formula is C14H22N2O2. The first-order valence-corrected chi connectivity index (χ1v) is 6.30. The first-order valence-electron chi connectivity index (χ1n) is 6.30. The third-order valence-corrected chi connectivity index (χ3v) is 2.65. The molecule has 0 saturated carbocycles. The first kappa shape index (κ1) is 14.4. The average Bonchev–Trinajstić information content (AvgIpc) is 2.34. The summed E-state index contributed by atoms with van der Waals surface area (Å²) < 4.78 is 5.66. The zero-order valence-electron chi connectivity index (χ0n) is 11.4. The first-order chi connectivity index (χ1) is 8.56. The van der Waals surface area contributed by atoms with Crippen LogP contribution in [0.2, 0.25) is 0 Å². The lowest BCUT2D eigenvalue weighted by Gasteiger charge is -2.15. The standard InChI is InChI=1S/C14H22N2O2/c1-4-5-6-9-18-13-10-11(15)7-8-12(13)14(17)16(2)3/h7-8,10H,4-6,9,15H2,1-3H3. The Morgan fingerprint density at radius 3 is 2.67 bits per heavy atom. The highest BCUT2D eigenvalue weighted by Crippen LogP contribution is 2.23. The lowest BCUT2D eigenvalue weighted by atomic mass is 10.1. The number of nitrogens with zero attached hydrogens (tertiary/aromatic N) is 1. The molecule has 100 valence electrons. The van der Waals surface area contributed by atoms with Crippen LogP contribution in [0.1, 0.15) is 36.5 Å². The third kappa shape index (κ3) is 3.95. The smallest absolute Gasteiger partial charge is 0.257 e. The van der Waals surface area contributed by atoms with E-state index in [0.717, 1.165) is 19.3 Å². The number of hydrogen-bond acceptors (Lipinski definition) is 3. The van der Waals surface area contributed by atoms with E-state index in [4.69, 9.17) is 10.5 Å². The van der Waals surface area contributed by atoms with Gasteiger partial charge in [0.05, 0.1) is 12.2 Å². The van der Waals surface area contributed by atoms with Crippen molar-refractivity contribution < 1.29 is 9.53 Å². The maximum absolute atomic E-state index is 12.0. The van der Waals surface area contributed by atoms with E-state index in [1.807, 2.05) is 0 Å². The van der Waals surface area contributed by atoms with Gasteiger partial charge in [0.15, 0.2) is 0 Å². The van der Waals surface area contributed by atoms with Gasteiger partial charge in [-0.2, -0.15) is 0 Å². The van der Waals surface area contributed by atoms with Gasteiger partial charge in [-0.15, -0.1) is 0 Å². The van der Waals surface area contributed by atoms with Gasteiger partial charge in [0.1, 0.15) is 5.75 Å². The van der Waals surface area contributed by atoms with E-state index in [1.54, 1.807) is 32.3 Å². The Labute approximate surface area is 109 Å². The van der Waals surface area contributed by atoms with Gasteiger partial charge in [0.2, 0.25) is 0 Å². The zero-order chi connectivity index (χ0) is 13.5. The molecule has 0 heterocycles. The molecule has 4 heteroatoms. The zero-order valence-corrected chi connectivity index (χ0v) is 11.4. The Morgan fingerprint density at radius 2 is 2.06 bits per heavy atom. The summed E-state index contributed by atoms with van der Waals surface area (Å²) in [5.74, 6) is 0.505. The van der Waals surface area contributed by atoms with Gasteiger partial charge in [0, 0.05) is 25.8 Å². The Balaban J connectivity index is 2.80. The van der Waals surface area contributed by atoms with Gasteiger partial charge in [-0.25, -0.2) is 0 Å². The fourth-order valence-corrected chi connectivity index (χ4v) is 1.61. The van der Waals surface area contributed by atoms with E-state index in [-0.39, 0.29) is 5.91 Å². The van der Waals surface area contributed by atoms with Gasteiger partial charge in [-0.1, -0.05) is 19.8 Å². The van der Waals surface area contributed by atoms with Crippen molar-refractivity contribution in [2.45, 2.75) is 26.2 Å². The molecule has 0 atom stereocenters.